The van der Waals surface area contributed by atoms with Crippen molar-refractivity contribution in [2.75, 3.05) is 7.05 Å². The molecule has 2 aromatic rings. The number of alkyl halides is 1. The van der Waals surface area contributed by atoms with Gasteiger partial charge in [0.05, 0.1) is 6.54 Å². The van der Waals surface area contributed by atoms with E-state index in [0.29, 0.717) is 18.0 Å². The van der Waals surface area contributed by atoms with E-state index >= 15 is 0 Å². The van der Waals surface area contributed by atoms with E-state index in [2.05, 4.69) is 5.16 Å². The van der Waals surface area contributed by atoms with Crippen LogP contribution in [0.1, 0.15) is 27.4 Å². The highest BCUT2D eigenvalue weighted by Crippen LogP contribution is 2.11. The first-order valence-electron chi connectivity index (χ1n) is 5.92. The first-order chi connectivity index (χ1) is 9.10. The summed E-state index contributed by atoms with van der Waals surface area (Å²) in [7, 11) is 1.74. The Morgan fingerprint density at radius 2 is 2.05 bits per heavy atom. The van der Waals surface area contributed by atoms with Crippen molar-refractivity contribution in [3.8, 4) is 0 Å². The molecule has 1 amide bonds. The molecule has 0 unspecified atom stereocenters. The number of rotatable bonds is 4. The molecule has 0 bridgehead atoms. The lowest BCUT2D eigenvalue weighted by atomic mass is 10.1. The summed E-state index contributed by atoms with van der Waals surface area (Å²) in [5.74, 6) is 1.13. The average Bonchev–Trinajstić information content (AvgIpc) is 2.83. The maximum atomic E-state index is 12.2. The van der Waals surface area contributed by atoms with Crippen molar-refractivity contribution in [2.24, 2.45) is 0 Å². The largest absolute Gasteiger partial charge is 0.361 e. The van der Waals surface area contributed by atoms with Gasteiger partial charge in [-0.2, -0.15) is 0 Å². The fourth-order valence-electron chi connectivity index (χ4n) is 1.76. The Bertz CT molecular complexity index is 563. The zero-order chi connectivity index (χ0) is 13.8. The SMILES string of the molecule is Cc1cc(CN(C)C(=O)c2ccc(CCl)cc2)no1. The number of carbonyl (C=O) groups is 1. The van der Waals surface area contributed by atoms with Gasteiger partial charge in [-0.1, -0.05) is 17.3 Å². The smallest absolute Gasteiger partial charge is 0.253 e. The molecule has 4 nitrogen and oxygen atoms in total. The van der Waals surface area contributed by atoms with Gasteiger partial charge >= 0.3 is 0 Å². The van der Waals surface area contributed by atoms with Crippen LogP contribution in [0.4, 0.5) is 0 Å². The van der Waals surface area contributed by atoms with Crippen molar-refractivity contribution in [3.63, 3.8) is 0 Å². The summed E-state index contributed by atoms with van der Waals surface area (Å²) < 4.78 is 4.98. The van der Waals surface area contributed by atoms with Crippen LogP contribution < -0.4 is 0 Å². The van der Waals surface area contributed by atoms with Gasteiger partial charge in [-0.15, -0.1) is 11.6 Å². The van der Waals surface area contributed by atoms with E-state index in [4.69, 9.17) is 16.1 Å². The molecule has 100 valence electrons. The summed E-state index contributed by atoms with van der Waals surface area (Å²) in [6.45, 7) is 2.25. The molecule has 0 aliphatic carbocycles. The first kappa shape index (κ1) is 13.6. The first-order valence-corrected chi connectivity index (χ1v) is 6.46. The van der Waals surface area contributed by atoms with Crippen LogP contribution in [0.3, 0.4) is 0 Å². The number of carbonyl (C=O) groups excluding carboxylic acids is 1. The number of halogens is 1. The van der Waals surface area contributed by atoms with Crippen LogP contribution in [0.15, 0.2) is 34.9 Å². The highest BCUT2D eigenvalue weighted by atomic mass is 35.5. The van der Waals surface area contributed by atoms with Gasteiger partial charge in [0, 0.05) is 24.6 Å². The van der Waals surface area contributed by atoms with Crippen LogP contribution >= 0.6 is 11.6 Å². The Hall–Kier alpha value is -1.81. The molecule has 19 heavy (non-hydrogen) atoms. The Morgan fingerprint density at radius 3 is 2.58 bits per heavy atom. The van der Waals surface area contributed by atoms with Gasteiger partial charge in [-0.3, -0.25) is 4.79 Å². The van der Waals surface area contributed by atoms with Gasteiger partial charge in [-0.25, -0.2) is 0 Å². The Labute approximate surface area is 117 Å². The van der Waals surface area contributed by atoms with Crippen LogP contribution in [-0.4, -0.2) is 23.0 Å². The van der Waals surface area contributed by atoms with Gasteiger partial charge in [-0.05, 0) is 24.6 Å². The maximum absolute atomic E-state index is 12.2. The van der Waals surface area contributed by atoms with Crippen LogP contribution in [0, 0.1) is 6.92 Å². The number of nitrogens with zero attached hydrogens (tertiary/aromatic N) is 2. The minimum Gasteiger partial charge on any atom is -0.361 e. The topological polar surface area (TPSA) is 46.3 Å². The number of hydrogen-bond acceptors (Lipinski definition) is 3. The van der Waals surface area contributed by atoms with Gasteiger partial charge in [0.2, 0.25) is 0 Å². The van der Waals surface area contributed by atoms with E-state index in [1.165, 1.54) is 0 Å². The van der Waals surface area contributed by atoms with E-state index in [1.54, 1.807) is 24.1 Å². The minimum atomic E-state index is -0.0539. The minimum absolute atomic E-state index is 0.0539. The van der Waals surface area contributed by atoms with E-state index in [9.17, 15) is 4.79 Å². The molecular formula is C14H15ClN2O2. The summed E-state index contributed by atoms with van der Waals surface area (Å²) in [5.41, 5.74) is 2.37. The fraction of sp³-hybridized carbons (Fsp3) is 0.286. The van der Waals surface area contributed by atoms with Crippen molar-refractivity contribution in [3.05, 3.63) is 52.9 Å². The standard InChI is InChI=1S/C14H15ClN2O2/c1-10-7-13(16-19-10)9-17(2)14(18)12-5-3-11(8-15)4-6-12/h3-7H,8-9H2,1-2H3. The van der Waals surface area contributed by atoms with Crippen molar-refractivity contribution in [1.29, 1.82) is 0 Å². The third-order valence-corrected chi connectivity index (χ3v) is 3.09. The lowest BCUT2D eigenvalue weighted by Gasteiger charge is -2.15. The maximum Gasteiger partial charge on any atom is 0.253 e. The molecule has 0 spiro atoms. The Balaban J connectivity index is 2.05. The van der Waals surface area contributed by atoms with Crippen LogP contribution in [0.2, 0.25) is 0 Å². The third-order valence-electron chi connectivity index (χ3n) is 2.78. The molecule has 0 saturated heterocycles. The molecule has 2 rings (SSSR count). The van der Waals surface area contributed by atoms with Crippen LogP contribution in [0.5, 0.6) is 0 Å². The highest BCUT2D eigenvalue weighted by Gasteiger charge is 2.13. The zero-order valence-electron chi connectivity index (χ0n) is 10.9. The monoisotopic (exact) mass is 278 g/mol. The molecule has 1 aromatic heterocycles. The molecule has 0 N–H and O–H groups in total. The molecule has 0 aliphatic heterocycles. The third kappa shape index (κ3) is 3.35. The van der Waals surface area contributed by atoms with Gasteiger partial charge in [0.1, 0.15) is 11.5 Å². The summed E-state index contributed by atoms with van der Waals surface area (Å²) in [5, 5.41) is 3.87. The van der Waals surface area contributed by atoms with Crippen molar-refractivity contribution in [1.82, 2.24) is 10.1 Å². The van der Waals surface area contributed by atoms with E-state index in [0.717, 1.165) is 17.0 Å². The molecule has 0 fully saturated rings. The molecule has 1 aromatic carbocycles. The predicted molar refractivity (Wildman–Crippen MR) is 73.0 cm³/mol. The fourth-order valence-corrected chi connectivity index (χ4v) is 1.94. The van der Waals surface area contributed by atoms with Crippen molar-refractivity contribution in [2.45, 2.75) is 19.3 Å². The quantitative estimate of drug-likeness (QED) is 0.808. The predicted octanol–water partition coefficient (Wildman–Crippen LogP) is 2.99. The zero-order valence-corrected chi connectivity index (χ0v) is 11.6. The number of aryl methyl sites for hydroxylation is 1. The van der Waals surface area contributed by atoms with Crippen LogP contribution in [0.25, 0.3) is 0 Å². The molecule has 0 atom stereocenters. The van der Waals surface area contributed by atoms with Crippen LogP contribution in [-0.2, 0) is 12.4 Å². The molecule has 0 radical (unpaired) electrons. The second-order valence-electron chi connectivity index (χ2n) is 4.42. The lowest BCUT2D eigenvalue weighted by molar-refractivity contribution is 0.0782. The van der Waals surface area contributed by atoms with E-state index in [1.807, 2.05) is 25.1 Å². The summed E-state index contributed by atoms with van der Waals surface area (Å²) in [4.78, 5) is 13.8. The number of amides is 1. The molecule has 0 saturated carbocycles. The number of aromatic nitrogens is 1. The van der Waals surface area contributed by atoms with Crippen molar-refractivity contribution >= 4 is 17.5 Å². The molecular weight excluding hydrogens is 264 g/mol. The number of hydrogen-bond donors (Lipinski definition) is 0. The van der Waals surface area contributed by atoms with Gasteiger partial charge in [0.25, 0.3) is 5.91 Å². The average molecular weight is 279 g/mol. The van der Waals surface area contributed by atoms with Crippen molar-refractivity contribution < 1.29 is 9.32 Å². The summed E-state index contributed by atoms with van der Waals surface area (Å²) in [6.07, 6.45) is 0. The van der Waals surface area contributed by atoms with Gasteiger partial charge < -0.3 is 9.42 Å². The van der Waals surface area contributed by atoms with Gasteiger partial charge in [0.15, 0.2) is 0 Å². The Morgan fingerprint density at radius 1 is 1.37 bits per heavy atom. The highest BCUT2D eigenvalue weighted by molar-refractivity contribution is 6.17. The molecule has 5 heteroatoms. The molecule has 1 heterocycles. The second kappa shape index (κ2) is 5.89. The normalized spacial score (nSPS) is 10.5. The second-order valence-corrected chi connectivity index (χ2v) is 4.69. The summed E-state index contributed by atoms with van der Waals surface area (Å²) in [6, 6.07) is 9.10. The summed E-state index contributed by atoms with van der Waals surface area (Å²) >= 11 is 5.72. The Kier molecular flexibility index (Phi) is 4.22. The lowest BCUT2D eigenvalue weighted by Crippen LogP contribution is -2.26. The van der Waals surface area contributed by atoms with E-state index < -0.39 is 0 Å². The molecule has 0 aliphatic rings. The van der Waals surface area contributed by atoms with E-state index in [-0.39, 0.29) is 5.91 Å². The number of benzene rings is 1.